The van der Waals surface area contributed by atoms with Gasteiger partial charge in [0.25, 0.3) is 0 Å². The number of aromatic nitrogens is 4. The van der Waals surface area contributed by atoms with Crippen LogP contribution in [0.25, 0.3) is 16.9 Å². The first kappa shape index (κ1) is 29.1. The summed E-state index contributed by atoms with van der Waals surface area (Å²) in [4.78, 5) is 28.4. The minimum atomic E-state index is -1.32. The second-order valence-corrected chi connectivity index (χ2v) is 12.8. The molecule has 3 aromatic rings. The van der Waals surface area contributed by atoms with Crippen LogP contribution in [0.4, 0.5) is 16.6 Å². The Morgan fingerprint density at radius 2 is 1.77 bits per heavy atom. The first-order valence-corrected chi connectivity index (χ1v) is 16.0. The molecule has 1 aliphatic heterocycles. The van der Waals surface area contributed by atoms with Crippen molar-refractivity contribution in [3.8, 4) is 0 Å². The van der Waals surface area contributed by atoms with Crippen molar-refractivity contribution in [2.75, 3.05) is 16.8 Å². The van der Waals surface area contributed by atoms with Crippen LogP contribution >= 0.6 is 0 Å². The Hall–Kier alpha value is -3.95. The molecule has 228 valence electrons. The molecule has 3 aliphatic rings. The number of fused-ring (bicyclic) bond motifs is 1. The van der Waals surface area contributed by atoms with Gasteiger partial charge in [0.05, 0.1) is 6.04 Å². The van der Waals surface area contributed by atoms with Crippen LogP contribution in [-0.4, -0.2) is 49.1 Å². The highest BCUT2D eigenvalue weighted by atomic mass is 16.4. The van der Waals surface area contributed by atoms with Crippen LogP contribution in [0.5, 0.6) is 0 Å². The van der Waals surface area contributed by atoms with Gasteiger partial charge in [0.1, 0.15) is 5.52 Å². The maximum absolute atomic E-state index is 11.4. The topological polar surface area (TPSA) is 132 Å². The van der Waals surface area contributed by atoms with Gasteiger partial charge < -0.3 is 15.3 Å². The van der Waals surface area contributed by atoms with Gasteiger partial charge in [-0.05, 0) is 75.2 Å². The minimum Gasteiger partial charge on any atom is -0.465 e. The molecule has 2 atom stereocenters. The van der Waals surface area contributed by atoms with Gasteiger partial charge >= 0.3 is 6.09 Å². The van der Waals surface area contributed by atoms with Crippen LogP contribution in [0, 0.1) is 23.2 Å². The SMILES string of the molecule is C=C(C1CCC(C)CC1)n1c(N2CCCC[C@@H]2c2ccccc2)nc2nc(C(=N)NC(=O)O)nc(N[C@H](C)C3CCC3)c21. The van der Waals surface area contributed by atoms with E-state index in [-0.39, 0.29) is 23.7 Å². The molecule has 43 heavy (non-hydrogen) atoms. The standard InChI is InChI=1S/C33H44N8O2/c1-20-15-17-24(18-16-20)22(3)41-27-29(35-21(2)23-12-9-13-23)37-31(28(34)36-33(42)43)38-30(27)39-32(41)40-19-8-7-14-26(40)25-10-5-4-6-11-25/h4-6,10-11,20-21,23-24,26H,3,7-9,12-19H2,1-2H3,(H2,34,36)(H,42,43)(H,35,37,38)/t20?,21-,24?,26-/m1/s1. The number of allylic oxidation sites excluding steroid dienone is 1. The molecule has 3 fully saturated rings. The third-order valence-corrected chi connectivity index (χ3v) is 9.89. The molecule has 2 aliphatic carbocycles. The average Bonchev–Trinajstić information content (AvgIpc) is 3.36. The molecule has 3 heterocycles. The molecule has 2 aromatic heterocycles. The third-order valence-electron chi connectivity index (χ3n) is 9.89. The Bertz CT molecular complexity index is 1490. The minimum absolute atomic E-state index is 0.00441. The van der Waals surface area contributed by atoms with Crippen molar-refractivity contribution in [3.05, 3.63) is 48.3 Å². The number of hydrogen-bond donors (Lipinski definition) is 4. The van der Waals surface area contributed by atoms with Gasteiger partial charge in [-0.1, -0.05) is 63.1 Å². The molecule has 0 radical (unpaired) electrons. The van der Waals surface area contributed by atoms with Gasteiger partial charge in [-0.3, -0.25) is 15.3 Å². The Morgan fingerprint density at radius 3 is 2.44 bits per heavy atom. The molecule has 1 aromatic carbocycles. The normalized spacial score (nSPS) is 23.4. The van der Waals surface area contributed by atoms with Crippen LogP contribution in [-0.2, 0) is 0 Å². The maximum atomic E-state index is 11.4. The summed E-state index contributed by atoms with van der Waals surface area (Å²) >= 11 is 0. The van der Waals surface area contributed by atoms with E-state index in [1.807, 2.05) is 0 Å². The molecule has 6 rings (SSSR count). The molecule has 0 unspecified atom stereocenters. The third kappa shape index (κ3) is 5.96. The molecule has 1 saturated heterocycles. The van der Waals surface area contributed by atoms with E-state index in [2.05, 4.69) is 69.3 Å². The van der Waals surface area contributed by atoms with Gasteiger partial charge in [-0.2, -0.15) is 4.98 Å². The molecule has 0 spiro atoms. The summed E-state index contributed by atoms with van der Waals surface area (Å²) < 4.78 is 2.20. The Labute approximate surface area is 253 Å². The second-order valence-electron chi connectivity index (χ2n) is 12.8. The predicted octanol–water partition coefficient (Wildman–Crippen LogP) is 7.05. The first-order chi connectivity index (χ1) is 20.8. The van der Waals surface area contributed by atoms with Gasteiger partial charge in [0.15, 0.2) is 23.1 Å². The smallest absolute Gasteiger partial charge is 0.410 e. The number of imidazole rings is 1. The van der Waals surface area contributed by atoms with Crippen molar-refractivity contribution in [3.63, 3.8) is 0 Å². The van der Waals surface area contributed by atoms with Crippen LogP contribution in [0.15, 0.2) is 36.9 Å². The molecular formula is C33H44N8O2. The number of nitrogens with one attached hydrogen (secondary N) is 3. The van der Waals surface area contributed by atoms with Gasteiger partial charge in [-0.15, -0.1) is 0 Å². The van der Waals surface area contributed by atoms with Crippen molar-refractivity contribution in [2.45, 2.75) is 90.1 Å². The lowest BCUT2D eigenvalue weighted by Crippen LogP contribution is -2.36. The summed E-state index contributed by atoms with van der Waals surface area (Å²) in [6, 6.07) is 10.9. The lowest BCUT2D eigenvalue weighted by atomic mass is 9.80. The van der Waals surface area contributed by atoms with E-state index in [1.165, 1.54) is 24.8 Å². The lowest BCUT2D eigenvalue weighted by Gasteiger charge is -2.38. The monoisotopic (exact) mass is 584 g/mol. The molecule has 2 saturated carbocycles. The summed E-state index contributed by atoms with van der Waals surface area (Å²) in [5.41, 5.74) is 3.47. The summed E-state index contributed by atoms with van der Waals surface area (Å²) in [7, 11) is 0. The zero-order valence-electron chi connectivity index (χ0n) is 25.4. The van der Waals surface area contributed by atoms with Crippen molar-refractivity contribution < 1.29 is 9.90 Å². The summed E-state index contributed by atoms with van der Waals surface area (Å²) in [5, 5.41) is 23.5. The fraction of sp³-hybridized carbons (Fsp3) is 0.545. The molecule has 0 bridgehead atoms. The fourth-order valence-corrected chi connectivity index (χ4v) is 7.05. The van der Waals surface area contributed by atoms with E-state index >= 15 is 0 Å². The van der Waals surface area contributed by atoms with Crippen molar-refractivity contribution >= 4 is 40.6 Å². The van der Waals surface area contributed by atoms with Crippen molar-refractivity contribution in [2.24, 2.45) is 17.8 Å². The fourth-order valence-electron chi connectivity index (χ4n) is 7.05. The summed E-state index contributed by atoms with van der Waals surface area (Å²) in [6.45, 7) is 10.1. The number of piperidine rings is 1. The van der Waals surface area contributed by atoms with Gasteiger partial charge in [0.2, 0.25) is 5.95 Å². The van der Waals surface area contributed by atoms with E-state index in [4.69, 9.17) is 22.0 Å². The molecular weight excluding hydrogens is 540 g/mol. The number of amidine groups is 1. The number of anilines is 2. The predicted molar refractivity (Wildman–Crippen MR) is 171 cm³/mol. The van der Waals surface area contributed by atoms with E-state index in [9.17, 15) is 9.90 Å². The van der Waals surface area contributed by atoms with Crippen LogP contribution in [0.1, 0.15) is 95.5 Å². The van der Waals surface area contributed by atoms with Crippen LogP contribution in [0.2, 0.25) is 0 Å². The van der Waals surface area contributed by atoms with Crippen molar-refractivity contribution in [1.29, 1.82) is 5.41 Å². The molecule has 10 heteroatoms. The van der Waals surface area contributed by atoms with Crippen LogP contribution < -0.4 is 15.5 Å². The molecule has 4 N–H and O–H groups in total. The molecule has 10 nitrogen and oxygen atoms in total. The highest BCUT2D eigenvalue weighted by Gasteiger charge is 2.34. The van der Waals surface area contributed by atoms with E-state index in [1.54, 1.807) is 0 Å². The van der Waals surface area contributed by atoms with Gasteiger partial charge in [-0.25, -0.2) is 14.8 Å². The second kappa shape index (κ2) is 12.3. The Morgan fingerprint density at radius 1 is 1.02 bits per heavy atom. The number of carbonyl (C=O) groups is 1. The number of carboxylic acid groups (broad SMARTS) is 1. The number of hydrogen-bond acceptors (Lipinski definition) is 7. The highest BCUT2D eigenvalue weighted by Crippen LogP contribution is 2.43. The summed E-state index contributed by atoms with van der Waals surface area (Å²) in [5.74, 6) is 2.58. The number of nitrogens with zero attached hydrogens (tertiary/aromatic N) is 5. The number of amides is 1. The highest BCUT2D eigenvalue weighted by molar-refractivity contribution is 6.03. The van der Waals surface area contributed by atoms with E-state index in [0.29, 0.717) is 29.2 Å². The van der Waals surface area contributed by atoms with E-state index in [0.717, 1.165) is 68.7 Å². The van der Waals surface area contributed by atoms with E-state index < -0.39 is 6.09 Å². The maximum Gasteiger partial charge on any atom is 0.410 e. The summed E-state index contributed by atoms with van der Waals surface area (Å²) in [6.07, 6.45) is 9.96. The van der Waals surface area contributed by atoms with Gasteiger partial charge in [0, 0.05) is 18.3 Å². The Kier molecular flexibility index (Phi) is 8.36. The average molecular weight is 585 g/mol. The van der Waals surface area contributed by atoms with Crippen molar-refractivity contribution in [1.82, 2.24) is 24.8 Å². The lowest BCUT2D eigenvalue weighted by molar-refractivity contribution is 0.200. The first-order valence-electron chi connectivity index (χ1n) is 16.0. The molecule has 1 amide bonds. The largest absolute Gasteiger partial charge is 0.465 e. The number of rotatable bonds is 8. The number of benzene rings is 1. The Balaban J connectivity index is 1.52. The zero-order chi connectivity index (χ0) is 30.1. The quantitative estimate of drug-likeness (QED) is 0.165. The zero-order valence-corrected chi connectivity index (χ0v) is 25.4. The van der Waals surface area contributed by atoms with Crippen LogP contribution in [0.3, 0.4) is 0 Å².